The van der Waals surface area contributed by atoms with Gasteiger partial charge in [0.2, 0.25) is 0 Å². The number of hydrogen-bond acceptors (Lipinski definition) is 4. The summed E-state index contributed by atoms with van der Waals surface area (Å²) in [5.74, 6) is -1.18. The molecule has 6 heteroatoms. The van der Waals surface area contributed by atoms with E-state index in [1.165, 1.54) is 0 Å². The summed E-state index contributed by atoms with van der Waals surface area (Å²) in [7, 11) is 0.306. The second-order valence-electron chi connectivity index (χ2n) is 1.13. The minimum Gasteiger partial charge on any atom is -0.480 e. The topological polar surface area (TPSA) is 104 Å². The van der Waals surface area contributed by atoms with Crippen molar-refractivity contribution in [2.45, 2.75) is 6.04 Å². The number of aliphatic hydroxyl groups is 1. The molecule has 0 rings (SSSR count). The van der Waals surface area contributed by atoms with Gasteiger partial charge in [0.05, 0.1) is 6.61 Å². The lowest BCUT2D eigenvalue weighted by molar-refractivity contribution is -0.139. The molecule has 5 nitrogen and oxygen atoms in total. The van der Waals surface area contributed by atoms with E-state index in [2.05, 4.69) is 0 Å². The molecule has 0 radical (unpaired) electrons. The molecule has 0 aromatic rings. The van der Waals surface area contributed by atoms with E-state index in [0.29, 0.717) is 10.5 Å². The van der Waals surface area contributed by atoms with Crippen molar-refractivity contribution in [3.05, 3.63) is 0 Å². The van der Waals surface area contributed by atoms with Crippen LogP contribution in [0, 0.1) is 0 Å². The fraction of sp³-hybridized carbons (Fsp3) is 0.667. The van der Waals surface area contributed by atoms with Gasteiger partial charge in [0.25, 0.3) is 0 Å². The molecule has 0 saturated carbocycles. The number of aliphatic hydroxyl groups excluding tert-OH is 1. The Balaban J connectivity index is 0. The molecule has 0 aromatic carbocycles. The van der Waals surface area contributed by atoms with E-state index >= 15 is 0 Å². The van der Waals surface area contributed by atoms with Crippen LogP contribution in [0.25, 0.3) is 0 Å². The number of carboxylic acid groups (broad SMARTS) is 1. The van der Waals surface area contributed by atoms with Crippen LogP contribution in [0.1, 0.15) is 0 Å². The predicted octanol–water partition coefficient (Wildman–Crippen LogP) is -3.35. The Morgan fingerprint density at radius 2 is 2.00 bits per heavy atom. The summed E-state index contributed by atoms with van der Waals surface area (Å²) in [6.07, 6.45) is 0. The van der Waals surface area contributed by atoms with Crippen LogP contribution in [-0.2, 0) is 4.79 Å². The van der Waals surface area contributed by atoms with E-state index in [4.69, 9.17) is 20.7 Å². The number of carbonyl (C=O) groups is 1. The molecule has 0 fully saturated rings. The maximum Gasteiger partial charge on any atom is 0.322 e. The van der Waals surface area contributed by atoms with Gasteiger partial charge >= 0.3 is 5.97 Å². The number of carboxylic acids is 1. The molecule has 0 aliphatic carbocycles. The second kappa shape index (κ2) is 7.57. The fourth-order valence-electron chi connectivity index (χ4n) is 0.0781. The first kappa shape index (κ1) is 11.4. The van der Waals surface area contributed by atoms with E-state index in [9.17, 15) is 4.79 Å². The molecule has 0 aliphatic rings. The highest BCUT2D eigenvalue weighted by atomic mass is 28.2. The minimum absolute atomic E-state index is 0.306. The monoisotopic (exact) mass is 153 g/mol. The summed E-state index contributed by atoms with van der Waals surface area (Å²) in [4.78, 5) is 16.8. The molecule has 0 aromatic heterocycles. The highest BCUT2D eigenvalue weighted by Gasteiger charge is 2.06. The standard InChI is InChI=1S/C3H7NO3.H4OSi/c4-2(1-5)3(6)7;1-2/h2,5H,1,4H2,(H,6,7);1H,2H3/t2-;/m0./s1. The molecular weight excluding hydrogens is 142 g/mol. The van der Waals surface area contributed by atoms with Crippen LogP contribution in [0.5, 0.6) is 0 Å². The van der Waals surface area contributed by atoms with Gasteiger partial charge in [-0.3, -0.25) is 4.79 Å². The van der Waals surface area contributed by atoms with Crippen LogP contribution in [-0.4, -0.2) is 44.1 Å². The van der Waals surface area contributed by atoms with Crippen LogP contribution in [0.15, 0.2) is 0 Å². The van der Waals surface area contributed by atoms with E-state index in [1.54, 1.807) is 0 Å². The number of nitrogens with two attached hydrogens (primary N) is 1. The molecule has 0 unspecified atom stereocenters. The summed E-state index contributed by atoms with van der Waals surface area (Å²) >= 11 is 0. The van der Waals surface area contributed by atoms with E-state index < -0.39 is 18.6 Å². The quantitative estimate of drug-likeness (QED) is 0.310. The van der Waals surface area contributed by atoms with Crippen LogP contribution in [0.4, 0.5) is 0 Å². The molecule has 1 atom stereocenters. The van der Waals surface area contributed by atoms with Gasteiger partial charge in [-0.15, -0.1) is 0 Å². The average Bonchev–Trinajstić information content (AvgIpc) is 1.91. The summed E-state index contributed by atoms with van der Waals surface area (Å²) in [6, 6.07) is -1.13. The predicted molar refractivity (Wildman–Crippen MR) is 34.9 cm³/mol. The van der Waals surface area contributed by atoms with Crippen LogP contribution < -0.4 is 5.73 Å². The van der Waals surface area contributed by atoms with E-state index in [-0.39, 0.29) is 0 Å². The number of hydrogen-bond donors (Lipinski definition) is 4. The lowest BCUT2D eigenvalue weighted by Gasteiger charge is -1.96. The third-order valence-corrected chi connectivity index (χ3v) is 0.514. The van der Waals surface area contributed by atoms with Gasteiger partial charge in [0.15, 0.2) is 0 Å². The first-order valence-electron chi connectivity index (χ1n) is 2.22. The summed E-state index contributed by atoms with van der Waals surface area (Å²) in [6.45, 7) is -0.505. The average molecular weight is 153 g/mol. The Morgan fingerprint density at radius 3 is 2.00 bits per heavy atom. The second-order valence-corrected chi connectivity index (χ2v) is 1.13. The smallest absolute Gasteiger partial charge is 0.322 e. The highest BCUT2D eigenvalue weighted by molar-refractivity contribution is 5.95. The Morgan fingerprint density at radius 1 is 1.67 bits per heavy atom. The summed E-state index contributed by atoms with van der Waals surface area (Å²) < 4.78 is 0. The molecule has 56 valence electrons. The Labute approximate surface area is 55.7 Å². The molecule has 5 N–H and O–H groups in total. The molecule has 0 aliphatic heterocycles. The van der Waals surface area contributed by atoms with Crippen LogP contribution >= 0.6 is 0 Å². The zero-order valence-corrected chi connectivity index (χ0v) is 7.11. The maximum absolute atomic E-state index is 9.65. The fourth-order valence-corrected chi connectivity index (χ4v) is 0.0781. The SMILES string of the molecule is N[C@@H](CO)C(=O)O.O[SiH3]. The van der Waals surface area contributed by atoms with Gasteiger partial charge in [-0.25, -0.2) is 0 Å². The van der Waals surface area contributed by atoms with Gasteiger partial charge < -0.3 is 20.7 Å². The van der Waals surface area contributed by atoms with Crippen LogP contribution in [0.3, 0.4) is 0 Å². The van der Waals surface area contributed by atoms with Crippen molar-refractivity contribution in [1.29, 1.82) is 0 Å². The van der Waals surface area contributed by atoms with Crippen LogP contribution in [0.2, 0.25) is 0 Å². The van der Waals surface area contributed by atoms with E-state index in [1.807, 2.05) is 0 Å². The first-order chi connectivity index (χ1) is 4.18. The van der Waals surface area contributed by atoms with Crippen molar-refractivity contribution in [2.24, 2.45) is 5.73 Å². The van der Waals surface area contributed by atoms with Gasteiger partial charge in [-0.1, -0.05) is 0 Å². The number of rotatable bonds is 2. The lowest BCUT2D eigenvalue weighted by Crippen LogP contribution is -2.33. The van der Waals surface area contributed by atoms with Crippen molar-refractivity contribution >= 4 is 16.5 Å². The zero-order valence-electron chi connectivity index (χ0n) is 5.11. The Hall–Kier alpha value is -0.433. The van der Waals surface area contributed by atoms with Crippen molar-refractivity contribution in [3.63, 3.8) is 0 Å². The lowest BCUT2D eigenvalue weighted by atomic mass is 10.3. The largest absolute Gasteiger partial charge is 0.480 e. The normalized spacial score (nSPS) is 11.4. The summed E-state index contributed by atoms with van der Waals surface area (Å²) in [5, 5.41) is 15.9. The molecule has 0 bridgehead atoms. The van der Waals surface area contributed by atoms with Gasteiger partial charge in [0, 0.05) is 0 Å². The maximum atomic E-state index is 9.65. The third-order valence-electron chi connectivity index (χ3n) is 0.514. The van der Waals surface area contributed by atoms with Crippen molar-refractivity contribution in [2.75, 3.05) is 6.61 Å². The molecule has 0 spiro atoms. The zero-order chi connectivity index (χ0) is 7.86. The molecule has 9 heavy (non-hydrogen) atoms. The van der Waals surface area contributed by atoms with Gasteiger partial charge in [-0.05, 0) is 0 Å². The molecular formula is C3H11NO4Si. The molecule has 0 heterocycles. The van der Waals surface area contributed by atoms with E-state index in [0.717, 1.165) is 0 Å². The van der Waals surface area contributed by atoms with Crippen molar-refractivity contribution in [3.8, 4) is 0 Å². The van der Waals surface area contributed by atoms with Crippen molar-refractivity contribution < 1.29 is 19.8 Å². The number of aliphatic carboxylic acids is 1. The van der Waals surface area contributed by atoms with Gasteiger partial charge in [0.1, 0.15) is 16.5 Å². The Kier molecular flexibility index (Phi) is 9.56. The van der Waals surface area contributed by atoms with Gasteiger partial charge in [-0.2, -0.15) is 0 Å². The Bertz CT molecular complexity index is 78.2. The molecule has 0 amide bonds. The minimum atomic E-state index is -1.18. The van der Waals surface area contributed by atoms with Crippen molar-refractivity contribution in [1.82, 2.24) is 0 Å². The summed E-state index contributed by atoms with van der Waals surface area (Å²) in [5.41, 5.74) is 4.77. The third kappa shape index (κ3) is 7.57. The molecule has 0 saturated heterocycles. The first-order valence-corrected chi connectivity index (χ1v) is 3.12. The highest BCUT2D eigenvalue weighted by Crippen LogP contribution is 1.71.